The van der Waals surface area contributed by atoms with E-state index in [0.29, 0.717) is 12.2 Å². The summed E-state index contributed by atoms with van der Waals surface area (Å²) in [5, 5.41) is 10.9. The van der Waals surface area contributed by atoms with Crippen LogP contribution in [0.5, 0.6) is 0 Å². The van der Waals surface area contributed by atoms with Gasteiger partial charge < -0.3 is 11.1 Å². The normalized spacial score (nSPS) is 11.6. The van der Waals surface area contributed by atoms with Gasteiger partial charge in [0.25, 0.3) is 5.91 Å². The summed E-state index contributed by atoms with van der Waals surface area (Å²) in [4.78, 5) is 20.5. The molecule has 0 saturated carbocycles. The lowest BCUT2D eigenvalue weighted by Gasteiger charge is -2.06. The van der Waals surface area contributed by atoms with E-state index < -0.39 is 17.6 Å². The molecule has 0 atom stereocenters. The third-order valence-corrected chi connectivity index (χ3v) is 5.26. The number of nitrogens with zero attached hydrogens (tertiary/aromatic N) is 6. The number of nitrogens with two attached hydrogens (primary N) is 1. The van der Waals surface area contributed by atoms with Crippen molar-refractivity contribution in [1.82, 2.24) is 29.4 Å². The van der Waals surface area contributed by atoms with E-state index in [1.54, 1.807) is 10.9 Å². The fourth-order valence-electron chi connectivity index (χ4n) is 3.68. The summed E-state index contributed by atoms with van der Waals surface area (Å²) in [7, 11) is 0. The second-order valence-corrected chi connectivity index (χ2v) is 7.68. The molecular formula is C23H17F3N8O. The Labute approximate surface area is 196 Å². The number of alkyl halides is 3. The standard InChI is InChI=1S/C23H17F3N8O/c24-23(25,26)18-7-19(34-20(18)21(27)29-13-31-34)15-6-16(9-28-8-15)22(35)32-17-10-30-33(12-17)11-14-4-2-1-3-5-14/h1-10,12-13H,11H2,(H,32,35)(H2,27,29,31). The topological polar surface area (TPSA) is 116 Å². The maximum absolute atomic E-state index is 13.6. The molecule has 0 spiro atoms. The van der Waals surface area contributed by atoms with E-state index in [1.165, 1.54) is 24.7 Å². The summed E-state index contributed by atoms with van der Waals surface area (Å²) in [6.45, 7) is 0.529. The molecule has 0 saturated heterocycles. The number of nitrogens with one attached hydrogen (secondary N) is 1. The molecule has 0 fully saturated rings. The minimum absolute atomic E-state index is 0.0688. The first-order valence-electron chi connectivity index (χ1n) is 10.3. The zero-order chi connectivity index (χ0) is 24.6. The summed E-state index contributed by atoms with van der Waals surface area (Å²) in [6, 6.07) is 12.0. The quantitative estimate of drug-likeness (QED) is 0.396. The monoisotopic (exact) mass is 478 g/mol. The average molecular weight is 478 g/mol. The minimum Gasteiger partial charge on any atom is -0.382 e. The minimum atomic E-state index is -4.68. The zero-order valence-corrected chi connectivity index (χ0v) is 17.9. The number of pyridine rings is 1. The first-order chi connectivity index (χ1) is 16.8. The van der Waals surface area contributed by atoms with Crippen molar-refractivity contribution < 1.29 is 18.0 Å². The van der Waals surface area contributed by atoms with E-state index in [0.717, 1.165) is 22.5 Å². The van der Waals surface area contributed by atoms with Crippen LogP contribution < -0.4 is 11.1 Å². The molecule has 0 aliphatic heterocycles. The van der Waals surface area contributed by atoms with Gasteiger partial charge in [-0.1, -0.05) is 30.3 Å². The van der Waals surface area contributed by atoms with Gasteiger partial charge >= 0.3 is 6.18 Å². The molecule has 9 nitrogen and oxygen atoms in total. The Hall–Kier alpha value is -4.74. The van der Waals surface area contributed by atoms with E-state index in [1.807, 2.05) is 30.3 Å². The van der Waals surface area contributed by atoms with Gasteiger partial charge in [-0.05, 0) is 17.7 Å². The molecule has 0 aliphatic rings. The van der Waals surface area contributed by atoms with Crippen LogP contribution in [-0.2, 0) is 12.7 Å². The Morgan fingerprint density at radius 1 is 1.06 bits per heavy atom. The molecule has 176 valence electrons. The van der Waals surface area contributed by atoms with E-state index >= 15 is 0 Å². The van der Waals surface area contributed by atoms with E-state index in [-0.39, 0.29) is 28.2 Å². The third-order valence-electron chi connectivity index (χ3n) is 5.26. The number of carbonyl (C=O) groups is 1. The highest BCUT2D eigenvalue weighted by atomic mass is 19.4. The molecule has 1 aromatic carbocycles. The van der Waals surface area contributed by atoms with Gasteiger partial charge in [-0.2, -0.15) is 23.4 Å². The Morgan fingerprint density at radius 2 is 1.86 bits per heavy atom. The first kappa shape index (κ1) is 22.1. The fraction of sp³-hybridized carbons (Fsp3) is 0.0870. The van der Waals surface area contributed by atoms with Crippen LogP contribution in [0.15, 0.2) is 73.6 Å². The van der Waals surface area contributed by atoms with Gasteiger partial charge in [0.1, 0.15) is 11.8 Å². The van der Waals surface area contributed by atoms with Crippen molar-refractivity contribution in [3.8, 4) is 11.3 Å². The van der Waals surface area contributed by atoms with Crippen LogP contribution in [0.2, 0.25) is 0 Å². The van der Waals surface area contributed by atoms with Crippen molar-refractivity contribution in [2.75, 3.05) is 11.1 Å². The molecule has 0 aliphatic carbocycles. The number of halogens is 3. The molecule has 4 aromatic heterocycles. The van der Waals surface area contributed by atoms with Crippen LogP contribution in [0.4, 0.5) is 24.7 Å². The Bertz CT molecular complexity index is 1530. The largest absolute Gasteiger partial charge is 0.418 e. The van der Waals surface area contributed by atoms with Gasteiger partial charge in [-0.25, -0.2) is 9.50 Å². The summed E-state index contributed by atoms with van der Waals surface area (Å²) < 4.78 is 43.5. The second-order valence-electron chi connectivity index (χ2n) is 7.68. The number of amides is 1. The summed E-state index contributed by atoms with van der Waals surface area (Å²) in [5.41, 5.74) is 6.33. The molecule has 3 N–H and O–H groups in total. The van der Waals surface area contributed by atoms with Crippen molar-refractivity contribution in [2.45, 2.75) is 12.7 Å². The van der Waals surface area contributed by atoms with Crippen molar-refractivity contribution in [3.63, 3.8) is 0 Å². The van der Waals surface area contributed by atoms with Crippen LogP contribution in [0.25, 0.3) is 16.8 Å². The molecule has 0 unspecified atom stereocenters. The molecule has 5 rings (SSSR count). The highest BCUT2D eigenvalue weighted by molar-refractivity contribution is 6.04. The van der Waals surface area contributed by atoms with E-state index in [4.69, 9.17) is 5.73 Å². The van der Waals surface area contributed by atoms with E-state index in [9.17, 15) is 18.0 Å². The number of hydrogen-bond acceptors (Lipinski definition) is 6. The lowest BCUT2D eigenvalue weighted by Crippen LogP contribution is -2.12. The van der Waals surface area contributed by atoms with Crippen LogP contribution in [0, 0.1) is 0 Å². The second kappa shape index (κ2) is 8.56. The molecule has 5 aromatic rings. The summed E-state index contributed by atoms with van der Waals surface area (Å²) in [6.07, 6.45) is 2.23. The van der Waals surface area contributed by atoms with Crippen LogP contribution in [0.1, 0.15) is 21.5 Å². The fourth-order valence-corrected chi connectivity index (χ4v) is 3.68. The Kier molecular flexibility index (Phi) is 5.40. The smallest absolute Gasteiger partial charge is 0.382 e. The molecule has 0 bridgehead atoms. The van der Waals surface area contributed by atoms with Gasteiger partial charge in [0.15, 0.2) is 5.82 Å². The number of rotatable bonds is 5. The molecule has 0 radical (unpaired) electrons. The van der Waals surface area contributed by atoms with Crippen LogP contribution >= 0.6 is 0 Å². The van der Waals surface area contributed by atoms with Gasteiger partial charge in [0.05, 0.1) is 35.2 Å². The maximum atomic E-state index is 13.6. The van der Waals surface area contributed by atoms with Crippen LogP contribution in [0.3, 0.4) is 0 Å². The van der Waals surface area contributed by atoms with Gasteiger partial charge in [-0.15, -0.1) is 0 Å². The van der Waals surface area contributed by atoms with Crippen molar-refractivity contribution in [1.29, 1.82) is 0 Å². The number of nitrogen functional groups attached to an aromatic ring is 1. The van der Waals surface area contributed by atoms with E-state index in [2.05, 4.69) is 25.5 Å². The van der Waals surface area contributed by atoms with Gasteiger partial charge in [0.2, 0.25) is 0 Å². The number of carbonyl (C=O) groups excluding carboxylic acids is 1. The zero-order valence-electron chi connectivity index (χ0n) is 17.9. The first-order valence-corrected chi connectivity index (χ1v) is 10.3. The van der Waals surface area contributed by atoms with Crippen molar-refractivity contribution in [3.05, 3.63) is 90.3 Å². The third kappa shape index (κ3) is 4.40. The molecule has 4 heterocycles. The summed E-state index contributed by atoms with van der Waals surface area (Å²) >= 11 is 0. The maximum Gasteiger partial charge on any atom is 0.418 e. The number of hydrogen-bond donors (Lipinski definition) is 2. The van der Waals surface area contributed by atoms with Crippen LogP contribution in [-0.4, -0.2) is 35.3 Å². The van der Waals surface area contributed by atoms with Gasteiger partial charge in [-0.3, -0.25) is 14.5 Å². The Balaban J connectivity index is 1.42. The van der Waals surface area contributed by atoms with Crippen molar-refractivity contribution >= 4 is 22.9 Å². The molecule has 35 heavy (non-hydrogen) atoms. The highest BCUT2D eigenvalue weighted by Gasteiger charge is 2.36. The van der Waals surface area contributed by atoms with Crippen molar-refractivity contribution in [2.24, 2.45) is 0 Å². The number of fused-ring (bicyclic) bond motifs is 1. The lowest BCUT2D eigenvalue weighted by atomic mass is 10.1. The highest BCUT2D eigenvalue weighted by Crippen LogP contribution is 2.38. The number of benzene rings is 1. The molecule has 12 heteroatoms. The SMILES string of the molecule is Nc1ncnn2c(-c3cncc(C(=O)Nc4cnn(Cc5ccccc5)c4)c3)cc(C(F)(F)F)c12. The van der Waals surface area contributed by atoms with Gasteiger partial charge in [0, 0.05) is 24.2 Å². The predicted octanol–water partition coefficient (Wildman–Crippen LogP) is 3.89. The number of anilines is 2. The average Bonchev–Trinajstić information content (AvgIpc) is 3.45. The number of aromatic nitrogens is 6. The Morgan fingerprint density at radius 3 is 2.63 bits per heavy atom. The molecule has 1 amide bonds. The molecular weight excluding hydrogens is 461 g/mol. The predicted molar refractivity (Wildman–Crippen MR) is 121 cm³/mol. The summed E-state index contributed by atoms with van der Waals surface area (Å²) in [5.74, 6) is -0.808. The lowest BCUT2D eigenvalue weighted by molar-refractivity contribution is -0.136.